The van der Waals surface area contributed by atoms with Crippen molar-refractivity contribution in [2.45, 2.75) is 69.9 Å². The van der Waals surface area contributed by atoms with Crippen LogP contribution in [0.25, 0.3) is 16.6 Å². The van der Waals surface area contributed by atoms with E-state index in [2.05, 4.69) is 58.3 Å². The predicted octanol–water partition coefficient (Wildman–Crippen LogP) is 7.29. The third-order valence-electron chi connectivity index (χ3n) is 8.88. The Morgan fingerprint density at radius 3 is 2.61 bits per heavy atom. The van der Waals surface area contributed by atoms with Crippen LogP contribution in [-0.2, 0) is 6.54 Å². The summed E-state index contributed by atoms with van der Waals surface area (Å²) in [6, 6.07) is 15.2. The van der Waals surface area contributed by atoms with Crippen LogP contribution >= 0.6 is 0 Å². The quantitative estimate of drug-likeness (QED) is 0.322. The van der Waals surface area contributed by atoms with Crippen LogP contribution in [0.1, 0.15) is 72.7 Å². The minimum Gasteiger partial charge on any atom is -0.361 e. The summed E-state index contributed by atoms with van der Waals surface area (Å²) < 4.78 is 30.0. The van der Waals surface area contributed by atoms with Gasteiger partial charge in [0.2, 0.25) is 5.92 Å². The summed E-state index contributed by atoms with van der Waals surface area (Å²) in [5, 5.41) is 5.66. The van der Waals surface area contributed by atoms with Crippen LogP contribution in [0.2, 0.25) is 0 Å². The lowest BCUT2D eigenvalue weighted by molar-refractivity contribution is -0.186. The Labute approximate surface area is 210 Å². The average Bonchev–Trinajstić information content (AvgIpc) is 3.31. The molecule has 4 aromatic rings. The number of hydrogen-bond donors (Lipinski definition) is 1. The van der Waals surface area contributed by atoms with Gasteiger partial charge in [-0.15, -0.1) is 0 Å². The largest absolute Gasteiger partial charge is 0.361 e. The number of aromatic amines is 1. The molecule has 2 aliphatic carbocycles. The zero-order chi connectivity index (χ0) is 24.5. The molecule has 2 aromatic heterocycles. The SMILES string of the molecule is Cc1cc(C2CC2)c(CN2CCC3(CC2c2ccc(-n4cccn4)cc2)CC(F)(F)C3)c2cc[nH]c12. The van der Waals surface area contributed by atoms with Crippen LogP contribution in [0.5, 0.6) is 0 Å². The number of piperidine rings is 1. The van der Waals surface area contributed by atoms with E-state index in [-0.39, 0.29) is 24.3 Å². The summed E-state index contributed by atoms with van der Waals surface area (Å²) in [5.41, 5.74) is 7.43. The van der Waals surface area contributed by atoms with Crippen molar-refractivity contribution in [3.8, 4) is 5.69 Å². The van der Waals surface area contributed by atoms with E-state index in [0.29, 0.717) is 5.92 Å². The average molecular weight is 487 g/mol. The Balaban J connectivity index is 1.25. The molecule has 1 unspecified atom stereocenters. The number of hydrogen-bond acceptors (Lipinski definition) is 2. The zero-order valence-electron chi connectivity index (χ0n) is 20.7. The number of likely N-dealkylation sites (tertiary alicyclic amines) is 1. The second-order valence-electron chi connectivity index (χ2n) is 11.5. The standard InChI is InChI=1S/C30H32F2N4/c1-20-15-25(21-3-4-21)26(24-9-12-33-28(20)24)17-35-14-10-29(18-30(31,32)19-29)16-27(35)22-5-7-23(8-6-22)36-13-2-11-34-36/h2,5-9,11-13,15,21,27,33H,3-4,10,14,16-19H2,1H3. The molecule has 1 N–H and O–H groups in total. The van der Waals surface area contributed by atoms with Crippen LogP contribution in [0, 0.1) is 12.3 Å². The minimum atomic E-state index is -2.50. The molecule has 1 spiro atoms. The van der Waals surface area contributed by atoms with Gasteiger partial charge >= 0.3 is 0 Å². The summed E-state index contributed by atoms with van der Waals surface area (Å²) in [4.78, 5) is 6.01. The van der Waals surface area contributed by atoms with Crippen LogP contribution < -0.4 is 0 Å². The van der Waals surface area contributed by atoms with E-state index in [1.807, 2.05) is 23.1 Å². The minimum absolute atomic E-state index is 0.0373. The Morgan fingerprint density at radius 1 is 1.11 bits per heavy atom. The number of rotatable bonds is 5. The fraction of sp³-hybridized carbons (Fsp3) is 0.433. The number of aromatic nitrogens is 3. The van der Waals surface area contributed by atoms with Gasteiger partial charge in [-0.2, -0.15) is 5.10 Å². The van der Waals surface area contributed by atoms with Gasteiger partial charge in [-0.3, -0.25) is 4.90 Å². The lowest BCUT2D eigenvalue weighted by atomic mass is 9.59. The van der Waals surface area contributed by atoms with Gasteiger partial charge in [0.1, 0.15) is 0 Å². The number of H-pyrrole nitrogens is 1. The molecule has 0 bridgehead atoms. The molecule has 1 atom stereocenters. The maximum Gasteiger partial charge on any atom is 0.249 e. The molecule has 36 heavy (non-hydrogen) atoms. The Bertz CT molecular complexity index is 1390. The first kappa shape index (κ1) is 22.2. The maximum absolute atomic E-state index is 14.0. The van der Waals surface area contributed by atoms with Crippen molar-refractivity contribution in [2.24, 2.45) is 5.41 Å². The molecule has 3 aliphatic rings. The van der Waals surface area contributed by atoms with Gasteiger partial charge in [0.25, 0.3) is 0 Å². The Kier molecular flexibility index (Phi) is 4.94. The van der Waals surface area contributed by atoms with E-state index in [4.69, 9.17) is 0 Å². The van der Waals surface area contributed by atoms with E-state index in [9.17, 15) is 8.78 Å². The number of benzene rings is 2. The van der Waals surface area contributed by atoms with E-state index >= 15 is 0 Å². The number of aryl methyl sites for hydroxylation is 1. The molecule has 0 radical (unpaired) electrons. The number of halogens is 2. The first-order chi connectivity index (χ1) is 17.4. The molecular weight excluding hydrogens is 454 g/mol. The van der Waals surface area contributed by atoms with Crippen LogP contribution in [0.15, 0.2) is 61.1 Å². The van der Waals surface area contributed by atoms with Crippen molar-refractivity contribution in [3.05, 3.63) is 83.3 Å². The van der Waals surface area contributed by atoms with Gasteiger partial charge in [-0.1, -0.05) is 18.2 Å². The van der Waals surface area contributed by atoms with Gasteiger partial charge in [-0.05, 0) is 97.0 Å². The summed E-state index contributed by atoms with van der Waals surface area (Å²) in [6.45, 7) is 3.91. The summed E-state index contributed by atoms with van der Waals surface area (Å²) in [5.74, 6) is -1.84. The Morgan fingerprint density at radius 2 is 1.92 bits per heavy atom. The van der Waals surface area contributed by atoms with Crippen molar-refractivity contribution in [2.75, 3.05) is 6.54 Å². The van der Waals surface area contributed by atoms with E-state index in [1.165, 1.54) is 46.0 Å². The fourth-order valence-electron chi connectivity index (χ4n) is 6.97. The molecule has 7 rings (SSSR count). The topological polar surface area (TPSA) is 36.9 Å². The normalized spacial score (nSPS) is 23.2. The van der Waals surface area contributed by atoms with Gasteiger partial charge in [-0.25, -0.2) is 13.5 Å². The number of fused-ring (bicyclic) bond motifs is 1. The highest BCUT2D eigenvalue weighted by atomic mass is 19.3. The third-order valence-corrected chi connectivity index (χ3v) is 8.88. The first-order valence-corrected chi connectivity index (χ1v) is 13.2. The molecule has 2 aromatic carbocycles. The highest BCUT2D eigenvalue weighted by molar-refractivity contribution is 5.87. The lowest BCUT2D eigenvalue weighted by Crippen LogP contribution is -2.53. The Hall–Kier alpha value is -2.99. The highest BCUT2D eigenvalue weighted by Crippen LogP contribution is 2.60. The van der Waals surface area contributed by atoms with Crippen molar-refractivity contribution in [1.82, 2.24) is 19.7 Å². The van der Waals surface area contributed by atoms with Crippen molar-refractivity contribution < 1.29 is 8.78 Å². The van der Waals surface area contributed by atoms with E-state index in [1.54, 1.807) is 6.20 Å². The zero-order valence-corrected chi connectivity index (χ0v) is 20.7. The lowest BCUT2D eigenvalue weighted by Gasteiger charge is -2.54. The van der Waals surface area contributed by atoms with Crippen LogP contribution in [-0.4, -0.2) is 32.1 Å². The van der Waals surface area contributed by atoms with Gasteiger partial charge < -0.3 is 4.98 Å². The number of nitrogens with one attached hydrogen (secondary N) is 1. The van der Waals surface area contributed by atoms with Gasteiger partial charge in [0.05, 0.1) is 5.69 Å². The monoisotopic (exact) mass is 486 g/mol. The van der Waals surface area contributed by atoms with Gasteiger partial charge in [0.15, 0.2) is 0 Å². The van der Waals surface area contributed by atoms with Crippen molar-refractivity contribution >= 4 is 10.9 Å². The molecule has 3 heterocycles. The number of nitrogens with zero attached hydrogens (tertiary/aromatic N) is 3. The van der Waals surface area contributed by atoms with E-state index in [0.717, 1.165) is 31.6 Å². The second-order valence-corrected chi connectivity index (χ2v) is 11.5. The molecule has 0 amide bonds. The molecule has 1 aliphatic heterocycles. The maximum atomic E-state index is 14.0. The van der Waals surface area contributed by atoms with Crippen molar-refractivity contribution in [1.29, 1.82) is 0 Å². The molecule has 4 nitrogen and oxygen atoms in total. The van der Waals surface area contributed by atoms with Crippen LogP contribution in [0.3, 0.4) is 0 Å². The second kappa shape index (κ2) is 8.01. The smallest absolute Gasteiger partial charge is 0.249 e. The fourth-order valence-corrected chi connectivity index (χ4v) is 6.97. The first-order valence-electron chi connectivity index (χ1n) is 13.2. The molecule has 6 heteroatoms. The third kappa shape index (κ3) is 3.78. The molecule has 2 saturated carbocycles. The molecule has 1 saturated heterocycles. The number of alkyl halides is 2. The molecule has 3 fully saturated rings. The van der Waals surface area contributed by atoms with E-state index < -0.39 is 5.92 Å². The van der Waals surface area contributed by atoms with Gasteiger partial charge in [0, 0.05) is 54.9 Å². The summed E-state index contributed by atoms with van der Waals surface area (Å²) in [7, 11) is 0. The van der Waals surface area contributed by atoms with Crippen molar-refractivity contribution in [3.63, 3.8) is 0 Å². The molecule has 186 valence electrons. The predicted molar refractivity (Wildman–Crippen MR) is 138 cm³/mol. The molecular formula is C30H32F2N4. The highest BCUT2D eigenvalue weighted by Gasteiger charge is 2.58. The summed E-state index contributed by atoms with van der Waals surface area (Å²) in [6.07, 6.45) is 10.0. The van der Waals surface area contributed by atoms with Crippen LogP contribution in [0.4, 0.5) is 8.78 Å². The summed E-state index contributed by atoms with van der Waals surface area (Å²) >= 11 is 0.